The van der Waals surface area contributed by atoms with E-state index in [0.717, 1.165) is 5.56 Å². The van der Waals surface area contributed by atoms with Crippen molar-refractivity contribution in [1.29, 1.82) is 0 Å². The first-order chi connectivity index (χ1) is 9.84. The molecular formula is C15H21ClN2O3. The summed E-state index contributed by atoms with van der Waals surface area (Å²) in [6.07, 6.45) is 0.907. The van der Waals surface area contributed by atoms with Gasteiger partial charge in [-0.3, -0.25) is 4.79 Å². The van der Waals surface area contributed by atoms with Gasteiger partial charge in [0.05, 0.1) is 5.41 Å². The Labute approximate surface area is 129 Å². The van der Waals surface area contributed by atoms with E-state index >= 15 is 0 Å². The topological polar surface area (TPSA) is 78.4 Å². The number of carbonyl (C=O) groups is 2. The first kappa shape index (κ1) is 17.3. The van der Waals surface area contributed by atoms with Crippen LogP contribution in [0.1, 0.15) is 32.3 Å². The molecule has 0 fully saturated rings. The summed E-state index contributed by atoms with van der Waals surface area (Å²) in [6, 6.07) is 4.76. The van der Waals surface area contributed by atoms with Crippen LogP contribution in [0.15, 0.2) is 18.2 Å². The molecule has 0 saturated carbocycles. The normalized spacial score (nSPS) is 11.0. The molecule has 0 aliphatic carbocycles. The molecular weight excluding hydrogens is 292 g/mol. The van der Waals surface area contributed by atoms with Crippen LogP contribution in [0, 0.1) is 12.3 Å². The van der Waals surface area contributed by atoms with Gasteiger partial charge >= 0.3 is 12.0 Å². The minimum absolute atomic E-state index is 0.0841. The first-order valence-corrected chi connectivity index (χ1v) is 7.27. The summed E-state index contributed by atoms with van der Waals surface area (Å²) >= 11 is 5.89. The fourth-order valence-corrected chi connectivity index (χ4v) is 2.20. The van der Waals surface area contributed by atoms with Crippen LogP contribution in [0.2, 0.25) is 5.02 Å². The molecule has 21 heavy (non-hydrogen) atoms. The molecule has 0 bridgehead atoms. The largest absolute Gasteiger partial charge is 0.481 e. The van der Waals surface area contributed by atoms with Gasteiger partial charge in [-0.2, -0.15) is 0 Å². The SMILES string of the molecule is CCC(CC)(CNC(=O)Nc1cc(Cl)ccc1C)C(=O)O. The molecule has 2 amide bonds. The number of aryl methyl sites for hydroxylation is 1. The molecule has 5 nitrogen and oxygen atoms in total. The van der Waals surface area contributed by atoms with Crippen molar-refractivity contribution in [3.63, 3.8) is 0 Å². The first-order valence-electron chi connectivity index (χ1n) is 6.89. The van der Waals surface area contributed by atoms with Crippen LogP contribution in [0.4, 0.5) is 10.5 Å². The zero-order valence-electron chi connectivity index (χ0n) is 12.5. The second-order valence-electron chi connectivity index (χ2n) is 5.06. The fourth-order valence-electron chi connectivity index (χ4n) is 2.02. The number of benzene rings is 1. The van der Waals surface area contributed by atoms with Gasteiger partial charge in [0.2, 0.25) is 0 Å². The predicted molar refractivity (Wildman–Crippen MR) is 83.9 cm³/mol. The zero-order chi connectivity index (χ0) is 16.0. The van der Waals surface area contributed by atoms with Crippen molar-refractivity contribution in [2.24, 2.45) is 5.41 Å². The van der Waals surface area contributed by atoms with Crippen LogP contribution in [0.5, 0.6) is 0 Å². The number of amides is 2. The third-order valence-corrected chi connectivity index (χ3v) is 4.08. The maximum absolute atomic E-state index is 11.9. The molecule has 0 aromatic heterocycles. The van der Waals surface area contributed by atoms with Crippen LogP contribution in [-0.4, -0.2) is 23.7 Å². The van der Waals surface area contributed by atoms with Gasteiger partial charge in [-0.25, -0.2) is 4.79 Å². The molecule has 1 rings (SSSR count). The van der Waals surface area contributed by atoms with Gasteiger partial charge < -0.3 is 15.7 Å². The van der Waals surface area contributed by atoms with Crippen LogP contribution in [0.3, 0.4) is 0 Å². The van der Waals surface area contributed by atoms with Crippen molar-refractivity contribution in [2.75, 3.05) is 11.9 Å². The number of aliphatic carboxylic acids is 1. The van der Waals surface area contributed by atoms with E-state index in [1.807, 2.05) is 6.92 Å². The van der Waals surface area contributed by atoms with Crippen LogP contribution in [-0.2, 0) is 4.79 Å². The van der Waals surface area contributed by atoms with Crippen molar-refractivity contribution in [1.82, 2.24) is 5.32 Å². The lowest BCUT2D eigenvalue weighted by atomic mass is 9.82. The Morgan fingerprint density at radius 2 is 1.90 bits per heavy atom. The molecule has 6 heteroatoms. The lowest BCUT2D eigenvalue weighted by Crippen LogP contribution is -2.43. The Morgan fingerprint density at radius 1 is 1.29 bits per heavy atom. The standard InChI is InChI=1S/C15H21ClN2O3/c1-4-15(5-2,13(19)20)9-17-14(21)18-12-8-11(16)7-6-10(12)3/h6-8H,4-5,9H2,1-3H3,(H,19,20)(H2,17,18,21). The highest BCUT2D eigenvalue weighted by molar-refractivity contribution is 6.31. The van der Waals surface area contributed by atoms with Crippen molar-refractivity contribution in [2.45, 2.75) is 33.6 Å². The Balaban J connectivity index is 2.70. The second kappa shape index (κ2) is 7.31. The van der Waals surface area contributed by atoms with E-state index in [-0.39, 0.29) is 6.54 Å². The average molecular weight is 313 g/mol. The number of rotatable bonds is 6. The number of carboxylic acid groups (broad SMARTS) is 1. The van der Waals surface area contributed by atoms with E-state index in [1.165, 1.54) is 0 Å². The van der Waals surface area contributed by atoms with Crippen molar-refractivity contribution < 1.29 is 14.7 Å². The minimum Gasteiger partial charge on any atom is -0.481 e. The summed E-state index contributed by atoms with van der Waals surface area (Å²) in [7, 11) is 0. The van der Waals surface area contributed by atoms with E-state index in [1.54, 1.807) is 32.0 Å². The predicted octanol–water partition coefficient (Wildman–Crippen LogP) is 3.66. The summed E-state index contributed by atoms with van der Waals surface area (Å²) in [6.45, 7) is 5.54. The van der Waals surface area contributed by atoms with Gasteiger partial charge in [-0.15, -0.1) is 0 Å². The molecule has 0 unspecified atom stereocenters. The molecule has 1 aromatic carbocycles. The van der Waals surface area contributed by atoms with E-state index in [4.69, 9.17) is 11.6 Å². The number of carboxylic acids is 1. The summed E-state index contributed by atoms with van der Waals surface area (Å²) in [4.78, 5) is 23.3. The van der Waals surface area contributed by atoms with E-state index < -0.39 is 17.4 Å². The maximum atomic E-state index is 11.9. The average Bonchev–Trinajstić information content (AvgIpc) is 2.44. The number of urea groups is 1. The Bertz CT molecular complexity index is 528. The van der Waals surface area contributed by atoms with Gasteiger partial charge in [0, 0.05) is 17.3 Å². The summed E-state index contributed by atoms with van der Waals surface area (Å²) < 4.78 is 0. The van der Waals surface area contributed by atoms with Crippen molar-refractivity contribution >= 4 is 29.3 Å². The summed E-state index contributed by atoms with van der Waals surface area (Å²) in [5.74, 6) is -0.897. The van der Waals surface area contributed by atoms with Gasteiger partial charge in [-0.05, 0) is 37.5 Å². The van der Waals surface area contributed by atoms with Gasteiger partial charge in [0.1, 0.15) is 0 Å². The minimum atomic E-state index is -0.930. The molecule has 1 aromatic rings. The number of anilines is 1. The second-order valence-corrected chi connectivity index (χ2v) is 5.50. The van der Waals surface area contributed by atoms with Gasteiger partial charge in [0.25, 0.3) is 0 Å². The molecule has 0 heterocycles. The van der Waals surface area contributed by atoms with E-state index in [0.29, 0.717) is 23.6 Å². The Hall–Kier alpha value is -1.75. The number of hydrogen-bond acceptors (Lipinski definition) is 2. The molecule has 0 spiro atoms. The van der Waals surface area contributed by atoms with Crippen molar-refractivity contribution in [3.8, 4) is 0 Å². The zero-order valence-corrected chi connectivity index (χ0v) is 13.3. The van der Waals surface area contributed by atoms with Crippen LogP contribution >= 0.6 is 11.6 Å². The smallest absolute Gasteiger partial charge is 0.319 e. The molecule has 0 saturated heterocycles. The molecule has 0 aliphatic heterocycles. The lowest BCUT2D eigenvalue weighted by molar-refractivity contribution is -0.149. The van der Waals surface area contributed by atoms with Gasteiger partial charge in [0.15, 0.2) is 0 Å². The molecule has 3 N–H and O–H groups in total. The Kier molecular flexibility index (Phi) is 6.03. The maximum Gasteiger partial charge on any atom is 0.319 e. The fraction of sp³-hybridized carbons (Fsp3) is 0.467. The third kappa shape index (κ3) is 4.36. The monoisotopic (exact) mass is 312 g/mol. The molecule has 0 radical (unpaired) electrons. The number of halogens is 1. The van der Waals surface area contributed by atoms with Crippen LogP contribution in [0.25, 0.3) is 0 Å². The molecule has 0 aliphatic rings. The highest BCUT2D eigenvalue weighted by atomic mass is 35.5. The van der Waals surface area contributed by atoms with E-state index in [2.05, 4.69) is 10.6 Å². The Morgan fingerprint density at radius 3 is 2.43 bits per heavy atom. The highest BCUT2D eigenvalue weighted by Gasteiger charge is 2.35. The number of hydrogen-bond donors (Lipinski definition) is 3. The molecule has 0 atom stereocenters. The van der Waals surface area contributed by atoms with Crippen molar-refractivity contribution in [3.05, 3.63) is 28.8 Å². The summed E-state index contributed by atoms with van der Waals surface area (Å²) in [5.41, 5.74) is 0.555. The lowest BCUT2D eigenvalue weighted by Gasteiger charge is -2.26. The highest BCUT2D eigenvalue weighted by Crippen LogP contribution is 2.26. The number of carbonyl (C=O) groups excluding carboxylic acids is 1. The quantitative estimate of drug-likeness (QED) is 0.750. The third-order valence-electron chi connectivity index (χ3n) is 3.84. The van der Waals surface area contributed by atoms with E-state index in [9.17, 15) is 14.7 Å². The number of nitrogens with one attached hydrogen (secondary N) is 2. The van der Waals surface area contributed by atoms with Gasteiger partial charge in [-0.1, -0.05) is 31.5 Å². The van der Waals surface area contributed by atoms with Crippen LogP contribution < -0.4 is 10.6 Å². The summed E-state index contributed by atoms with van der Waals surface area (Å²) in [5, 5.41) is 15.2. The molecule has 116 valence electrons.